The number of allylic oxidation sites excluding steroid dienone is 2. The zero-order valence-corrected chi connectivity index (χ0v) is 21.2. The van der Waals surface area contributed by atoms with Gasteiger partial charge in [0.2, 0.25) is 0 Å². The van der Waals surface area contributed by atoms with Crippen LogP contribution in [0.15, 0.2) is 132 Å². The molecule has 0 saturated heterocycles. The average molecular weight is 463 g/mol. The quantitative estimate of drug-likeness (QED) is 0.258. The number of benzene rings is 4. The fourth-order valence-corrected chi connectivity index (χ4v) is 3.70. The molecule has 0 radical (unpaired) electrons. The van der Waals surface area contributed by atoms with Gasteiger partial charge in [-0.15, -0.1) is 0 Å². The van der Waals surface area contributed by atoms with E-state index in [1.54, 1.807) is 36.4 Å². The molecular weight excluding hydrogens is 439 g/mol. The first-order valence-corrected chi connectivity index (χ1v) is 11.5. The first-order valence-electron chi connectivity index (χ1n) is 10.1. The molecule has 160 valence electrons. The van der Waals surface area contributed by atoms with Gasteiger partial charge in [0.15, 0.2) is 0 Å². The van der Waals surface area contributed by atoms with Crippen LogP contribution >= 0.6 is 0 Å². The van der Waals surface area contributed by atoms with Crippen LogP contribution in [0.2, 0.25) is 0 Å². The Bertz CT molecular complexity index is 1220. The molecule has 0 amide bonds. The molecular formula is C28H23NaO3S. The standard InChI is InChI=1S/C16H14.C12H10O3S.Na/c1-3-9-15(10-4-1)13-7-8-14-16-11-5-2-6-12-16;13-16(14,15)12-9-5-4-8-11(12)10-6-2-1-3-7-10;/h1-14H;1-9H,(H,13,14,15);/q;;+1/p-1/b13-7+,14-8+;;. The van der Waals surface area contributed by atoms with E-state index in [2.05, 4.69) is 48.6 Å². The van der Waals surface area contributed by atoms with Crippen LogP contribution in [0.1, 0.15) is 11.1 Å². The van der Waals surface area contributed by atoms with E-state index in [1.807, 2.05) is 42.5 Å². The summed E-state index contributed by atoms with van der Waals surface area (Å²) in [6, 6.07) is 35.7. The monoisotopic (exact) mass is 462 g/mol. The van der Waals surface area contributed by atoms with Gasteiger partial charge in [-0.1, -0.05) is 133 Å². The molecule has 0 atom stereocenters. The van der Waals surface area contributed by atoms with E-state index in [0.29, 0.717) is 5.56 Å². The van der Waals surface area contributed by atoms with Gasteiger partial charge in [0.1, 0.15) is 10.1 Å². The maximum atomic E-state index is 11.1. The summed E-state index contributed by atoms with van der Waals surface area (Å²) in [6.45, 7) is 0. The molecule has 0 aliphatic heterocycles. The Morgan fingerprint density at radius 2 is 0.939 bits per heavy atom. The third kappa shape index (κ3) is 8.97. The Morgan fingerprint density at radius 1 is 0.545 bits per heavy atom. The van der Waals surface area contributed by atoms with Crippen LogP contribution in [0.25, 0.3) is 23.3 Å². The molecule has 4 rings (SSSR count). The molecule has 0 aromatic heterocycles. The van der Waals surface area contributed by atoms with Gasteiger partial charge in [-0.3, -0.25) is 0 Å². The Balaban J connectivity index is 0.000000227. The Kier molecular flexibility index (Phi) is 11.0. The molecule has 0 N–H and O–H groups in total. The Hall–Kier alpha value is -2.73. The van der Waals surface area contributed by atoms with E-state index in [1.165, 1.54) is 23.3 Å². The smallest absolute Gasteiger partial charge is 0.744 e. The van der Waals surface area contributed by atoms with Gasteiger partial charge in [-0.2, -0.15) is 0 Å². The molecule has 0 aliphatic carbocycles. The van der Waals surface area contributed by atoms with Gasteiger partial charge >= 0.3 is 29.6 Å². The van der Waals surface area contributed by atoms with E-state index in [-0.39, 0.29) is 34.5 Å². The maximum absolute atomic E-state index is 11.1. The summed E-state index contributed by atoms with van der Waals surface area (Å²) in [6.07, 6.45) is 8.31. The van der Waals surface area contributed by atoms with Crippen LogP contribution in [0.4, 0.5) is 0 Å². The predicted molar refractivity (Wildman–Crippen MR) is 131 cm³/mol. The normalized spacial score (nSPS) is 10.9. The van der Waals surface area contributed by atoms with Crippen molar-refractivity contribution in [3.8, 4) is 11.1 Å². The van der Waals surface area contributed by atoms with Gasteiger partial charge in [0, 0.05) is 0 Å². The van der Waals surface area contributed by atoms with Crippen LogP contribution in [-0.2, 0) is 10.1 Å². The molecule has 3 nitrogen and oxygen atoms in total. The minimum absolute atomic E-state index is 0. The van der Waals surface area contributed by atoms with Gasteiger partial charge in [-0.05, 0) is 28.3 Å². The molecule has 5 heteroatoms. The fraction of sp³-hybridized carbons (Fsp3) is 0. The second-order valence-electron chi connectivity index (χ2n) is 6.86. The van der Waals surface area contributed by atoms with E-state index < -0.39 is 10.1 Å². The molecule has 0 aliphatic rings. The van der Waals surface area contributed by atoms with Crippen LogP contribution in [0.5, 0.6) is 0 Å². The summed E-state index contributed by atoms with van der Waals surface area (Å²) in [5.74, 6) is 0. The van der Waals surface area contributed by atoms with Gasteiger partial charge < -0.3 is 4.55 Å². The maximum Gasteiger partial charge on any atom is 1.00 e. The van der Waals surface area contributed by atoms with Gasteiger partial charge in [0.05, 0.1) is 4.90 Å². The van der Waals surface area contributed by atoms with Crippen molar-refractivity contribution in [1.82, 2.24) is 0 Å². The van der Waals surface area contributed by atoms with Crippen molar-refractivity contribution < 1.29 is 42.5 Å². The third-order valence-electron chi connectivity index (χ3n) is 4.53. The molecule has 33 heavy (non-hydrogen) atoms. The molecule has 0 heterocycles. The zero-order chi connectivity index (χ0) is 22.7. The van der Waals surface area contributed by atoms with Crippen molar-refractivity contribution >= 4 is 22.3 Å². The number of rotatable bonds is 5. The van der Waals surface area contributed by atoms with Crippen molar-refractivity contribution in [2.75, 3.05) is 0 Å². The average Bonchev–Trinajstić information content (AvgIpc) is 2.84. The molecule has 0 bridgehead atoms. The summed E-state index contributed by atoms with van der Waals surface area (Å²) >= 11 is 0. The molecule has 0 unspecified atom stereocenters. The topological polar surface area (TPSA) is 57.2 Å². The van der Waals surface area contributed by atoms with Crippen LogP contribution < -0.4 is 29.6 Å². The summed E-state index contributed by atoms with van der Waals surface area (Å²) in [7, 11) is -4.43. The Labute approximate surface area is 218 Å². The second kappa shape index (κ2) is 13.7. The molecule has 0 spiro atoms. The van der Waals surface area contributed by atoms with E-state index in [4.69, 9.17) is 0 Å². The van der Waals surface area contributed by atoms with Crippen LogP contribution in [-0.4, -0.2) is 13.0 Å². The largest absolute Gasteiger partial charge is 1.00 e. The van der Waals surface area contributed by atoms with Crippen molar-refractivity contribution in [2.24, 2.45) is 0 Å². The first kappa shape index (κ1) is 26.5. The van der Waals surface area contributed by atoms with E-state index in [9.17, 15) is 13.0 Å². The minimum atomic E-state index is -4.43. The summed E-state index contributed by atoms with van der Waals surface area (Å²) in [5.41, 5.74) is 3.61. The molecule has 0 fully saturated rings. The molecule has 0 saturated carbocycles. The Morgan fingerprint density at radius 3 is 1.39 bits per heavy atom. The van der Waals surface area contributed by atoms with Crippen LogP contribution in [0.3, 0.4) is 0 Å². The van der Waals surface area contributed by atoms with Crippen molar-refractivity contribution in [3.63, 3.8) is 0 Å². The van der Waals surface area contributed by atoms with Crippen molar-refractivity contribution in [3.05, 3.63) is 139 Å². The number of hydrogen-bond donors (Lipinski definition) is 0. The van der Waals surface area contributed by atoms with Crippen LogP contribution in [0, 0.1) is 0 Å². The SMILES string of the molecule is C(/C=C/c1ccccc1)=C\c1ccccc1.O=S(=O)([O-])c1ccccc1-c1ccccc1.[Na+]. The minimum Gasteiger partial charge on any atom is -0.744 e. The zero-order valence-electron chi connectivity index (χ0n) is 18.4. The second-order valence-corrected chi connectivity index (χ2v) is 8.20. The molecule has 4 aromatic rings. The van der Waals surface area contributed by atoms with E-state index in [0.717, 1.165) is 5.56 Å². The van der Waals surface area contributed by atoms with Gasteiger partial charge in [-0.25, -0.2) is 8.42 Å². The fourth-order valence-electron chi connectivity index (χ4n) is 3.00. The number of hydrogen-bond acceptors (Lipinski definition) is 3. The summed E-state index contributed by atoms with van der Waals surface area (Å²) in [4.78, 5) is -0.179. The summed E-state index contributed by atoms with van der Waals surface area (Å²) < 4.78 is 33.2. The summed E-state index contributed by atoms with van der Waals surface area (Å²) in [5, 5.41) is 0. The molecule has 4 aromatic carbocycles. The predicted octanol–water partition coefficient (Wildman–Crippen LogP) is 3.67. The van der Waals surface area contributed by atoms with Crippen molar-refractivity contribution in [1.29, 1.82) is 0 Å². The van der Waals surface area contributed by atoms with Crippen molar-refractivity contribution in [2.45, 2.75) is 4.90 Å². The van der Waals surface area contributed by atoms with E-state index >= 15 is 0 Å². The third-order valence-corrected chi connectivity index (χ3v) is 5.42. The van der Waals surface area contributed by atoms with Gasteiger partial charge in [0.25, 0.3) is 0 Å². The first-order chi connectivity index (χ1) is 15.5.